The van der Waals surface area contributed by atoms with Gasteiger partial charge in [0.15, 0.2) is 0 Å². The van der Waals surface area contributed by atoms with Crippen molar-refractivity contribution in [1.29, 1.82) is 5.26 Å². The first-order chi connectivity index (χ1) is 15.7. The minimum atomic E-state index is -4.65. The van der Waals surface area contributed by atoms with Crippen LogP contribution in [0.3, 0.4) is 0 Å². The van der Waals surface area contributed by atoms with Gasteiger partial charge >= 0.3 is 6.18 Å². The number of hydrogen-bond acceptors (Lipinski definition) is 4. The molecule has 1 spiro atoms. The summed E-state index contributed by atoms with van der Waals surface area (Å²) in [6.45, 7) is 1.43. The molecule has 1 N–H and O–H groups in total. The Morgan fingerprint density at radius 1 is 1.18 bits per heavy atom. The Bertz CT molecular complexity index is 1090. The number of alkyl halides is 3. The number of carbonyl (C=O) groups is 1. The van der Waals surface area contributed by atoms with Crippen LogP contribution in [0.1, 0.15) is 34.3 Å². The summed E-state index contributed by atoms with van der Waals surface area (Å²) in [6, 6.07) is 11.0. The summed E-state index contributed by atoms with van der Waals surface area (Å²) >= 11 is 0. The number of hydrogen-bond donors (Lipinski definition) is 1. The number of anilines is 1. The number of piperidine rings is 1. The first-order valence-corrected chi connectivity index (χ1v) is 10.7. The fourth-order valence-electron chi connectivity index (χ4n) is 5.07. The average molecular weight is 461 g/mol. The van der Waals surface area contributed by atoms with Crippen molar-refractivity contribution in [3.05, 3.63) is 65.0 Å². The zero-order chi connectivity index (χ0) is 23.8. The maximum atomic E-state index is 14.0. The summed E-state index contributed by atoms with van der Waals surface area (Å²) in [5, 5.41) is 19.1. The highest BCUT2D eigenvalue weighted by Crippen LogP contribution is 2.46. The van der Waals surface area contributed by atoms with Crippen molar-refractivity contribution in [2.75, 3.05) is 37.7 Å². The van der Waals surface area contributed by atoms with Gasteiger partial charge < -0.3 is 14.9 Å². The quantitative estimate of drug-likeness (QED) is 0.700. The predicted molar refractivity (Wildman–Crippen MR) is 113 cm³/mol. The van der Waals surface area contributed by atoms with E-state index in [0.29, 0.717) is 44.7 Å². The van der Waals surface area contributed by atoms with E-state index in [4.69, 9.17) is 5.26 Å². The number of amides is 1. The summed E-state index contributed by atoms with van der Waals surface area (Å²) in [4.78, 5) is 16.1. The van der Waals surface area contributed by atoms with Gasteiger partial charge in [-0.15, -0.1) is 0 Å². The third kappa shape index (κ3) is 4.27. The maximum Gasteiger partial charge on any atom is 0.417 e. The lowest BCUT2D eigenvalue weighted by Crippen LogP contribution is -2.47. The summed E-state index contributed by atoms with van der Waals surface area (Å²) < 4.78 is 54.2. The first-order valence-electron chi connectivity index (χ1n) is 10.7. The lowest BCUT2D eigenvalue weighted by atomic mass is 9.71. The number of benzene rings is 2. The number of aliphatic hydroxyl groups excluding tert-OH is 1. The second-order valence-corrected chi connectivity index (χ2v) is 8.73. The molecule has 1 amide bonds. The van der Waals surface area contributed by atoms with E-state index in [0.717, 1.165) is 6.07 Å². The Kier molecular flexibility index (Phi) is 6.06. The monoisotopic (exact) mass is 461 g/mol. The van der Waals surface area contributed by atoms with E-state index >= 15 is 0 Å². The van der Waals surface area contributed by atoms with Crippen molar-refractivity contribution < 1.29 is 27.5 Å². The molecule has 2 saturated heterocycles. The Balaban J connectivity index is 1.52. The number of carbonyl (C=O) groups excluding carboxylic acids is 1. The van der Waals surface area contributed by atoms with Gasteiger partial charge in [-0.3, -0.25) is 4.79 Å². The Morgan fingerprint density at radius 2 is 1.88 bits per heavy atom. The van der Waals surface area contributed by atoms with Crippen LogP contribution in [-0.4, -0.2) is 48.7 Å². The topological polar surface area (TPSA) is 67.6 Å². The van der Waals surface area contributed by atoms with Crippen molar-refractivity contribution in [3.63, 3.8) is 0 Å². The van der Waals surface area contributed by atoms with Crippen LogP contribution < -0.4 is 4.90 Å². The molecule has 2 aromatic carbocycles. The minimum absolute atomic E-state index is 0.0115. The van der Waals surface area contributed by atoms with E-state index in [2.05, 4.69) is 0 Å². The van der Waals surface area contributed by atoms with Gasteiger partial charge in [0.05, 0.1) is 22.8 Å². The van der Waals surface area contributed by atoms with E-state index in [1.165, 1.54) is 30.3 Å². The number of likely N-dealkylation sites (tertiary alicyclic amines) is 1. The molecule has 4 rings (SSSR count). The van der Waals surface area contributed by atoms with E-state index < -0.39 is 23.1 Å². The van der Waals surface area contributed by atoms with Crippen LogP contribution in [-0.2, 0) is 6.18 Å². The fraction of sp³-hybridized carbons (Fsp3) is 0.417. The third-order valence-electron chi connectivity index (χ3n) is 6.98. The molecule has 174 valence electrons. The van der Waals surface area contributed by atoms with Crippen LogP contribution in [0.5, 0.6) is 0 Å². The van der Waals surface area contributed by atoms with Crippen molar-refractivity contribution in [2.45, 2.75) is 19.0 Å². The Labute approximate surface area is 188 Å². The largest absolute Gasteiger partial charge is 0.417 e. The molecule has 2 aliphatic rings. The third-order valence-corrected chi connectivity index (χ3v) is 6.98. The highest BCUT2D eigenvalue weighted by molar-refractivity contribution is 5.94. The molecule has 1 atom stereocenters. The number of rotatable bonds is 3. The zero-order valence-corrected chi connectivity index (χ0v) is 17.8. The van der Waals surface area contributed by atoms with Crippen LogP contribution in [0.2, 0.25) is 0 Å². The van der Waals surface area contributed by atoms with Gasteiger partial charge in [-0.25, -0.2) is 4.39 Å². The second-order valence-electron chi connectivity index (χ2n) is 8.73. The lowest BCUT2D eigenvalue weighted by molar-refractivity contribution is -0.137. The molecular formula is C24H23F4N3O2. The van der Waals surface area contributed by atoms with Gasteiger partial charge in [0, 0.05) is 44.4 Å². The normalized spacial score (nSPS) is 20.2. The van der Waals surface area contributed by atoms with Crippen LogP contribution in [0.25, 0.3) is 0 Å². The van der Waals surface area contributed by atoms with E-state index in [1.807, 2.05) is 4.90 Å². The number of halogens is 4. The van der Waals surface area contributed by atoms with Gasteiger partial charge in [-0.05, 0) is 48.6 Å². The van der Waals surface area contributed by atoms with E-state index in [-0.39, 0.29) is 29.4 Å². The second kappa shape index (κ2) is 8.67. The SMILES string of the molecule is N#Cc1ccc(N2CC(CO)C3(CCN(C(=O)c4ccccc4F)CC3)C2)cc1C(F)(F)F. The number of nitrogens with zero attached hydrogens (tertiary/aromatic N) is 3. The number of aliphatic hydroxyl groups is 1. The van der Waals surface area contributed by atoms with Crippen molar-refractivity contribution in [3.8, 4) is 6.07 Å². The molecule has 33 heavy (non-hydrogen) atoms. The summed E-state index contributed by atoms with van der Waals surface area (Å²) in [5.41, 5.74) is -1.42. The van der Waals surface area contributed by atoms with Gasteiger partial charge in [0.2, 0.25) is 0 Å². The van der Waals surface area contributed by atoms with Gasteiger partial charge in [-0.1, -0.05) is 12.1 Å². The summed E-state index contributed by atoms with van der Waals surface area (Å²) in [5.74, 6) is -1.14. The van der Waals surface area contributed by atoms with Crippen LogP contribution in [0.4, 0.5) is 23.2 Å². The van der Waals surface area contributed by atoms with Gasteiger partial charge in [0.1, 0.15) is 5.82 Å². The minimum Gasteiger partial charge on any atom is -0.396 e. The molecule has 2 fully saturated rings. The molecule has 1 unspecified atom stereocenters. The molecule has 2 heterocycles. The van der Waals surface area contributed by atoms with E-state index in [9.17, 15) is 27.5 Å². The lowest BCUT2D eigenvalue weighted by Gasteiger charge is -2.42. The molecular weight excluding hydrogens is 438 g/mol. The van der Waals surface area contributed by atoms with Crippen LogP contribution >= 0.6 is 0 Å². The van der Waals surface area contributed by atoms with Crippen molar-refractivity contribution >= 4 is 11.6 Å². The van der Waals surface area contributed by atoms with Crippen LogP contribution in [0.15, 0.2) is 42.5 Å². The fourth-order valence-corrected chi connectivity index (χ4v) is 5.07. The van der Waals surface area contributed by atoms with Crippen molar-refractivity contribution in [1.82, 2.24) is 4.90 Å². The highest BCUT2D eigenvalue weighted by atomic mass is 19.4. The van der Waals surface area contributed by atoms with Crippen LogP contribution in [0, 0.1) is 28.5 Å². The molecule has 5 nitrogen and oxygen atoms in total. The highest BCUT2D eigenvalue weighted by Gasteiger charge is 2.48. The molecule has 0 bridgehead atoms. The Morgan fingerprint density at radius 3 is 2.48 bits per heavy atom. The van der Waals surface area contributed by atoms with E-state index in [1.54, 1.807) is 17.0 Å². The molecule has 0 radical (unpaired) electrons. The average Bonchev–Trinajstić information content (AvgIpc) is 3.16. The standard InChI is InChI=1S/C24H23F4N3O2/c25-21-4-2-1-3-19(21)22(33)30-9-7-23(8-10-30)15-31(13-17(23)14-32)18-6-5-16(12-29)20(11-18)24(26,27)28/h1-6,11,17,32H,7-10,13-15H2. The maximum absolute atomic E-state index is 14.0. The van der Waals surface area contributed by atoms with Gasteiger partial charge in [-0.2, -0.15) is 18.4 Å². The molecule has 0 aliphatic carbocycles. The molecule has 9 heteroatoms. The zero-order valence-electron chi connectivity index (χ0n) is 17.8. The predicted octanol–water partition coefficient (Wildman–Crippen LogP) is 4.07. The first kappa shape index (κ1) is 23.1. The van der Waals surface area contributed by atoms with Crippen molar-refractivity contribution in [2.24, 2.45) is 11.3 Å². The Hall–Kier alpha value is -3.12. The summed E-state index contributed by atoms with van der Waals surface area (Å²) in [6.07, 6.45) is -3.54. The molecule has 2 aliphatic heterocycles. The molecule has 0 saturated carbocycles. The number of nitriles is 1. The molecule has 0 aromatic heterocycles. The smallest absolute Gasteiger partial charge is 0.396 e. The molecule has 2 aromatic rings. The van der Waals surface area contributed by atoms with Gasteiger partial charge in [0.25, 0.3) is 5.91 Å². The summed E-state index contributed by atoms with van der Waals surface area (Å²) in [7, 11) is 0.